The van der Waals surface area contributed by atoms with Gasteiger partial charge in [-0.05, 0) is 24.8 Å². The Balaban J connectivity index is 2.11. The molecule has 0 radical (unpaired) electrons. The lowest BCUT2D eigenvalue weighted by Gasteiger charge is -2.35. The van der Waals surface area contributed by atoms with Crippen LogP contribution in [0.5, 0.6) is 0 Å². The molecule has 3 atom stereocenters. The molecule has 1 saturated carbocycles. The molecule has 3 rings (SSSR count). The van der Waals surface area contributed by atoms with Crippen LogP contribution in [-0.4, -0.2) is 23.8 Å². The van der Waals surface area contributed by atoms with Crippen LogP contribution in [0.2, 0.25) is 0 Å². The third-order valence-electron chi connectivity index (χ3n) is 4.72. The Labute approximate surface area is 118 Å². The number of ketones is 1. The van der Waals surface area contributed by atoms with Gasteiger partial charge in [0, 0.05) is 19.0 Å². The number of amides is 1. The summed E-state index contributed by atoms with van der Waals surface area (Å²) < 4.78 is 0. The van der Waals surface area contributed by atoms with E-state index in [2.05, 4.69) is 6.92 Å². The molecule has 0 spiro atoms. The number of rotatable bonds is 1. The van der Waals surface area contributed by atoms with E-state index in [1.165, 1.54) is 4.90 Å². The normalized spacial score (nSPS) is 33.5. The van der Waals surface area contributed by atoms with Crippen molar-refractivity contribution in [3.63, 3.8) is 0 Å². The van der Waals surface area contributed by atoms with Gasteiger partial charge in [-0.3, -0.25) is 9.59 Å². The molecule has 0 bridgehead atoms. The van der Waals surface area contributed by atoms with E-state index < -0.39 is 11.5 Å². The van der Waals surface area contributed by atoms with Crippen LogP contribution >= 0.6 is 0 Å². The fourth-order valence-electron chi connectivity index (χ4n) is 3.52. The number of hydrogen-bond acceptors (Lipinski definition) is 3. The lowest BCUT2D eigenvalue weighted by atomic mass is 9.70. The first-order valence-electron chi connectivity index (χ1n) is 7.09. The van der Waals surface area contributed by atoms with Crippen LogP contribution in [-0.2, 0) is 15.2 Å². The summed E-state index contributed by atoms with van der Waals surface area (Å²) in [7, 11) is 1.65. The van der Waals surface area contributed by atoms with Gasteiger partial charge in [0.1, 0.15) is 5.78 Å². The number of carbonyl (C=O) groups is 2. The van der Waals surface area contributed by atoms with E-state index in [0.717, 1.165) is 6.42 Å². The maximum absolute atomic E-state index is 12.6. The van der Waals surface area contributed by atoms with Crippen molar-refractivity contribution >= 4 is 17.4 Å². The molecule has 2 aliphatic rings. The van der Waals surface area contributed by atoms with E-state index in [1.54, 1.807) is 19.2 Å². The van der Waals surface area contributed by atoms with E-state index in [4.69, 9.17) is 0 Å². The number of anilines is 1. The second kappa shape index (κ2) is 4.42. The van der Waals surface area contributed by atoms with Crippen molar-refractivity contribution in [3.8, 4) is 0 Å². The first kappa shape index (κ1) is 13.3. The minimum atomic E-state index is -1.68. The van der Waals surface area contributed by atoms with Gasteiger partial charge in [0.2, 0.25) is 0 Å². The van der Waals surface area contributed by atoms with Gasteiger partial charge in [0.15, 0.2) is 5.60 Å². The van der Waals surface area contributed by atoms with Crippen LogP contribution in [0.25, 0.3) is 0 Å². The van der Waals surface area contributed by atoms with Gasteiger partial charge in [-0.1, -0.05) is 25.1 Å². The standard InChI is InChI=1S/C16H19NO3/c1-10-7-8-14(18)12(9-10)16(20)11-5-3-4-6-13(11)17(2)15(16)19/h3-6,10,12,20H,7-9H2,1-2H3/t10-,12-,16-/m1/s1. The third-order valence-corrected chi connectivity index (χ3v) is 4.72. The molecule has 1 N–H and O–H groups in total. The van der Waals surface area contributed by atoms with Crippen molar-refractivity contribution in [2.75, 3.05) is 11.9 Å². The topological polar surface area (TPSA) is 57.6 Å². The van der Waals surface area contributed by atoms with E-state index in [0.29, 0.717) is 30.0 Å². The molecule has 1 aromatic rings. The van der Waals surface area contributed by atoms with Gasteiger partial charge in [-0.25, -0.2) is 0 Å². The number of hydrogen-bond donors (Lipinski definition) is 1. The van der Waals surface area contributed by atoms with E-state index in [9.17, 15) is 14.7 Å². The second-order valence-corrected chi connectivity index (χ2v) is 6.05. The minimum absolute atomic E-state index is 0.00375. The molecule has 0 unspecified atom stereocenters. The summed E-state index contributed by atoms with van der Waals surface area (Å²) in [6, 6.07) is 7.19. The average Bonchev–Trinajstić information content (AvgIpc) is 2.65. The lowest BCUT2D eigenvalue weighted by molar-refractivity contribution is -0.153. The summed E-state index contributed by atoms with van der Waals surface area (Å²) in [6.45, 7) is 2.07. The van der Waals surface area contributed by atoms with Crippen molar-refractivity contribution in [1.29, 1.82) is 0 Å². The maximum atomic E-state index is 12.6. The van der Waals surface area contributed by atoms with Crippen molar-refractivity contribution in [1.82, 2.24) is 0 Å². The van der Waals surface area contributed by atoms with Gasteiger partial charge in [-0.2, -0.15) is 0 Å². The molecule has 1 aromatic carbocycles. The zero-order valence-corrected chi connectivity index (χ0v) is 11.8. The Kier molecular flexibility index (Phi) is 2.94. The fourth-order valence-corrected chi connectivity index (χ4v) is 3.52. The number of aliphatic hydroxyl groups is 1. The van der Waals surface area contributed by atoms with Gasteiger partial charge >= 0.3 is 0 Å². The number of benzene rings is 1. The monoisotopic (exact) mass is 273 g/mol. The van der Waals surface area contributed by atoms with Gasteiger partial charge in [0.05, 0.1) is 11.6 Å². The number of para-hydroxylation sites is 1. The minimum Gasteiger partial charge on any atom is -0.375 e. The highest BCUT2D eigenvalue weighted by Crippen LogP contribution is 2.47. The van der Waals surface area contributed by atoms with E-state index >= 15 is 0 Å². The first-order valence-corrected chi connectivity index (χ1v) is 7.09. The van der Waals surface area contributed by atoms with Crippen LogP contribution in [0.4, 0.5) is 5.69 Å². The summed E-state index contributed by atoms with van der Waals surface area (Å²) >= 11 is 0. The van der Waals surface area contributed by atoms with Crippen LogP contribution in [0, 0.1) is 11.8 Å². The summed E-state index contributed by atoms with van der Waals surface area (Å²) in [4.78, 5) is 26.3. The Bertz CT molecular complexity index is 583. The second-order valence-electron chi connectivity index (χ2n) is 6.05. The van der Waals surface area contributed by atoms with Crippen LogP contribution < -0.4 is 4.90 Å². The Hall–Kier alpha value is -1.68. The van der Waals surface area contributed by atoms with Crippen LogP contribution in [0.3, 0.4) is 0 Å². The molecule has 1 amide bonds. The van der Waals surface area contributed by atoms with E-state index in [-0.39, 0.29) is 11.7 Å². The number of Topliss-reactive ketones (excluding diaryl/α,β-unsaturated/α-hetero) is 1. The Morgan fingerprint density at radius 2 is 2.00 bits per heavy atom. The maximum Gasteiger partial charge on any atom is 0.264 e. The zero-order chi connectivity index (χ0) is 14.5. The average molecular weight is 273 g/mol. The molecule has 1 heterocycles. The first-order chi connectivity index (χ1) is 9.46. The van der Waals surface area contributed by atoms with Crippen molar-refractivity contribution in [2.45, 2.75) is 31.8 Å². The summed E-state index contributed by atoms with van der Waals surface area (Å²) in [5.74, 6) is -0.646. The van der Waals surface area contributed by atoms with Crippen molar-refractivity contribution in [2.24, 2.45) is 11.8 Å². The zero-order valence-electron chi connectivity index (χ0n) is 11.8. The van der Waals surface area contributed by atoms with Crippen molar-refractivity contribution in [3.05, 3.63) is 29.8 Å². The van der Waals surface area contributed by atoms with Crippen LogP contribution in [0.1, 0.15) is 31.7 Å². The van der Waals surface area contributed by atoms with Gasteiger partial charge in [0.25, 0.3) is 5.91 Å². The molecule has 106 valence electrons. The Morgan fingerprint density at radius 1 is 1.30 bits per heavy atom. The quantitative estimate of drug-likeness (QED) is 0.849. The molecule has 0 saturated heterocycles. The molecular formula is C16H19NO3. The molecular weight excluding hydrogens is 254 g/mol. The number of likely N-dealkylation sites (N-methyl/N-ethyl adjacent to an activating group) is 1. The third kappa shape index (κ3) is 1.64. The highest BCUT2D eigenvalue weighted by molar-refractivity contribution is 6.09. The molecule has 4 nitrogen and oxygen atoms in total. The molecule has 1 aliphatic carbocycles. The van der Waals surface area contributed by atoms with Gasteiger partial charge in [-0.15, -0.1) is 0 Å². The highest BCUT2D eigenvalue weighted by atomic mass is 16.3. The smallest absolute Gasteiger partial charge is 0.264 e. The van der Waals surface area contributed by atoms with Crippen molar-refractivity contribution < 1.29 is 14.7 Å². The molecule has 1 fully saturated rings. The van der Waals surface area contributed by atoms with E-state index in [1.807, 2.05) is 12.1 Å². The predicted molar refractivity (Wildman–Crippen MR) is 75.3 cm³/mol. The molecule has 0 aromatic heterocycles. The summed E-state index contributed by atoms with van der Waals surface area (Å²) in [5, 5.41) is 11.1. The summed E-state index contributed by atoms with van der Waals surface area (Å²) in [6.07, 6.45) is 1.87. The summed E-state index contributed by atoms with van der Waals surface area (Å²) in [5.41, 5.74) is -0.414. The Morgan fingerprint density at radius 3 is 2.75 bits per heavy atom. The molecule has 4 heteroatoms. The largest absolute Gasteiger partial charge is 0.375 e. The fraction of sp³-hybridized carbons (Fsp3) is 0.500. The SMILES string of the molecule is C[C@@H]1CCC(=O)[C@H]([C@@]2(O)C(=O)N(C)c3ccccc32)C1. The predicted octanol–water partition coefficient (Wildman–Crippen LogP) is 1.86. The molecule has 1 aliphatic heterocycles. The van der Waals surface area contributed by atoms with Crippen LogP contribution in [0.15, 0.2) is 24.3 Å². The molecule has 20 heavy (non-hydrogen) atoms. The number of nitrogens with zero attached hydrogens (tertiary/aromatic N) is 1. The number of fused-ring (bicyclic) bond motifs is 1. The number of carbonyl (C=O) groups excluding carboxylic acids is 2. The van der Waals surface area contributed by atoms with Gasteiger partial charge < -0.3 is 10.0 Å². The lowest BCUT2D eigenvalue weighted by Crippen LogP contribution is -2.49. The highest BCUT2D eigenvalue weighted by Gasteiger charge is 2.56.